The Labute approximate surface area is 119 Å². The monoisotopic (exact) mass is 266 g/mol. The van der Waals surface area contributed by atoms with Gasteiger partial charge in [0.1, 0.15) is 11.5 Å². The fourth-order valence-electron chi connectivity index (χ4n) is 2.55. The number of carbonyl (C=O) groups is 1. The van der Waals surface area contributed by atoms with Crippen molar-refractivity contribution in [3.05, 3.63) is 58.7 Å². The summed E-state index contributed by atoms with van der Waals surface area (Å²) in [5.74, 6) is 2.00. The number of fused-ring (bicyclic) bond motifs is 2. The van der Waals surface area contributed by atoms with E-state index in [1.54, 1.807) is 0 Å². The van der Waals surface area contributed by atoms with E-state index >= 15 is 0 Å². The first kappa shape index (κ1) is 12.9. The molecule has 0 bridgehead atoms. The summed E-state index contributed by atoms with van der Waals surface area (Å²) in [6, 6.07) is 11.9. The first-order valence-electron chi connectivity index (χ1n) is 6.99. The molecule has 1 aliphatic rings. The van der Waals surface area contributed by atoms with Gasteiger partial charge in [0, 0.05) is 12.0 Å². The van der Waals surface area contributed by atoms with Crippen LogP contribution in [0.25, 0.3) is 0 Å². The number of aryl methyl sites for hydroxylation is 1. The number of carbonyl (C=O) groups excluding carboxylic acids is 1. The maximum Gasteiger partial charge on any atom is 0.171 e. The summed E-state index contributed by atoms with van der Waals surface area (Å²) in [5, 5.41) is 0. The Morgan fingerprint density at radius 3 is 2.55 bits per heavy atom. The van der Waals surface area contributed by atoms with E-state index in [9.17, 15) is 4.79 Å². The van der Waals surface area contributed by atoms with Crippen LogP contribution in [0.2, 0.25) is 0 Å². The van der Waals surface area contributed by atoms with Crippen molar-refractivity contribution in [3.63, 3.8) is 0 Å². The lowest BCUT2D eigenvalue weighted by molar-refractivity contribution is 0.0993. The molecule has 0 radical (unpaired) electrons. The molecule has 2 nitrogen and oxygen atoms in total. The summed E-state index contributed by atoms with van der Waals surface area (Å²) in [6.07, 6.45) is 0.408. The Morgan fingerprint density at radius 2 is 1.80 bits per heavy atom. The maximum atomic E-state index is 12.5. The van der Waals surface area contributed by atoms with E-state index in [2.05, 4.69) is 13.8 Å². The third-order valence-corrected chi connectivity index (χ3v) is 3.76. The molecule has 0 aromatic heterocycles. The Morgan fingerprint density at radius 1 is 1.05 bits per heavy atom. The van der Waals surface area contributed by atoms with Crippen molar-refractivity contribution in [1.82, 2.24) is 0 Å². The van der Waals surface area contributed by atoms with Crippen LogP contribution in [0.5, 0.6) is 11.5 Å². The van der Waals surface area contributed by atoms with Gasteiger partial charge in [-0.05, 0) is 36.6 Å². The predicted octanol–water partition coefficient (Wildman–Crippen LogP) is 4.65. The third-order valence-electron chi connectivity index (χ3n) is 3.76. The van der Waals surface area contributed by atoms with Gasteiger partial charge in [-0.3, -0.25) is 4.79 Å². The zero-order chi connectivity index (χ0) is 14.3. The molecule has 0 atom stereocenters. The standard InChI is InChI=1S/C18H18O2/c1-11(2)13-5-7-18-15(9-13)16(19)10-14-8-12(3)4-6-17(14)20-18/h4-9,11H,10H2,1-3H3. The van der Waals surface area contributed by atoms with E-state index in [1.165, 1.54) is 5.56 Å². The molecular formula is C18H18O2. The van der Waals surface area contributed by atoms with Crippen molar-refractivity contribution in [2.75, 3.05) is 0 Å². The van der Waals surface area contributed by atoms with Crippen LogP contribution in [0, 0.1) is 6.92 Å². The van der Waals surface area contributed by atoms with Crippen molar-refractivity contribution in [1.29, 1.82) is 0 Å². The zero-order valence-electron chi connectivity index (χ0n) is 12.1. The second-order valence-electron chi connectivity index (χ2n) is 5.72. The maximum absolute atomic E-state index is 12.5. The van der Waals surface area contributed by atoms with Crippen LogP contribution in [0.15, 0.2) is 36.4 Å². The molecule has 1 heterocycles. The summed E-state index contributed by atoms with van der Waals surface area (Å²) >= 11 is 0. The SMILES string of the molecule is Cc1ccc2c(c1)CC(=O)c1cc(C(C)C)ccc1O2. The molecule has 0 N–H and O–H groups in total. The second kappa shape index (κ2) is 4.78. The molecule has 20 heavy (non-hydrogen) atoms. The first-order chi connectivity index (χ1) is 9.54. The number of rotatable bonds is 1. The molecule has 2 aromatic carbocycles. The number of Topliss-reactive ketones (excluding diaryl/α,β-unsaturated/α-hetero) is 1. The molecule has 0 unspecified atom stereocenters. The van der Waals surface area contributed by atoms with E-state index in [0.717, 1.165) is 16.9 Å². The minimum absolute atomic E-state index is 0.131. The average Bonchev–Trinajstić information content (AvgIpc) is 2.54. The van der Waals surface area contributed by atoms with E-state index in [0.29, 0.717) is 23.7 Å². The molecule has 0 aliphatic carbocycles. The average molecular weight is 266 g/mol. The highest BCUT2D eigenvalue weighted by Crippen LogP contribution is 2.35. The molecule has 0 spiro atoms. The van der Waals surface area contributed by atoms with Gasteiger partial charge >= 0.3 is 0 Å². The van der Waals surface area contributed by atoms with Crippen LogP contribution in [0.1, 0.15) is 46.8 Å². The number of benzene rings is 2. The van der Waals surface area contributed by atoms with Gasteiger partial charge in [-0.25, -0.2) is 0 Å². The minimum Gasteiger partial charge on any atom is -0.456 e. The molecule has 102 valence electrons. The van der Waals surface area contributed by atoms with Gasteiger partial charge in [0.25, 0.3) is 0 Å². The van der Waals surface area contributed by atoms with E-state index in [4.69, 9.17) is 4.74 Å². The Hall–Kier alpha value is -2.09. The van der Waals surface area contributed by atoms with Gasteiger partial charge in [0.2, 0.25) is 0 Å². The van der Waals surface area contributed by atoms with Crippen LogP contribution in [-0.2, 0) is 6.42 Å². The van der Waals surface area contributed by atoms with Gasteiger partial charge in [-0.15, -0.1) is 0 Å². The fraction of sp³-hybridized carbons (Fsp3) is 0.278. The summed E-state index contributed by atoms with van der Waals surface area (Å²) in [5.41, 5.74) is 3.99. The molecule has 2 aromatic rings. The van der Waals surface area contributed by atoms with E-state index < -0.39 is 0 Å². The van der Waals surface area contributed by atoms with Gasteiger partial charge < -0.3 is 4.74 Å². The van der Waals surface area contributed by atoms with Crippen LogP contribution in [0.4, 0.5) is 0 Å². The molecule has 0 saturated heterocycles. The quantitative estimate of drug-likeness (QED) is 0.751. The topological polar surface area (TPSA) is 26.3 Å². The van der Waals surface area contributed by atoms with E-state index in [-0.39, 0.29) is 5.78 Å². The van der Waals surface area contributed by atoms with Crippen LogP contribution >= 0.6 is 0 Å². The van der Waals surface area contributed by atoms with Crippen molar-refractivity contribution in [2.45, 2.75) is 33.1 Å². The predicted molar refractivity (Wildman–Crippen MR) is 79.8 cm³/mol. The number of hydrogen-bond acceptors (Lipinski definition) is 2. The largest absolute Gasteiger partial charge is 0.456 e. The Kier molecular flexibility index (Phi) is 3.09. The second-order valence-corrected chi connectivity index (χ2v) is 5.72. The first-order valence-corrected chi connectivity index (χ1v) is 6.99. The number of ketones is 1. The molecule has 1 aliphatic heterocycles. The lowest BCUT2D eigenvalue weighted by Gasteiger charge is -2.11. The summed E-state index contributed by atoms with van der Waals surface area (Å²) in [7, 11) is 0. The summed E-state index contributed by atoms with van der Waals surface area (Å²) in [4.78, 5) is 12.5. The molecule has 2 heteroatoms. The fourth-order valence-corrected chi connectivity index (χ4v) is 2.55. The lowest BCUT2D eigenvalue weighted by Crippen LogP contribution is -2.03. The lowest BCUT2D eigenvalue weighted by atomic mass is 9.96. The molecule has 3 rings (SSSR count). The smallest absolute Gasteiger partial charge is 0.171 e. The van der Waals surface area contributed by atoms with Crippen molar-refractivity contribution < 1.29 is 9.53 Å². The molecule has 0 saturated carbocycles. The summed E-state index contributed by atoms with van der Waals surface area (Å²) < 4.78 is 5.94. The van der Waals surface area contributed by atoms with Crippen LogP contribution in [-0.4, -0.2) is 5.78 Å². The van der Waals surface area contributed by atoms with Gasteiger partial charge in [-0.2, -0.15) is 0 Å². The van der Waals surface area contributed by atoms with Crippen LogP contribution < -0.4 is 4.74 Å². The van der Waals surface area contributed by atoms with Crippen molar-refractivity contribution in [3.8, 4) is 11.5 Å². The van der Waals surface area contributed by atoms with Crippen LogP contribution in [0.3, 0.4) is 0 Å². The third kappa shape index (κ3) is 2.22. The molecular weight excluding hydrogens is 248 g/mol. The van der Waals surface area contributed by atoms with E-state index in [1.807, 2.05) is 43.3 Å². The molecule has 0 amide bonds. The normalized spacial score (nSPS) is 13.5. The summed E-state index contributed by atoms with van der Waals surface area (Å²) in [6.45, 7) is 6.28. The molecule has 0 fully saturated rings. The van der Waals surface area contributed by atoms with Gasteiger partial charge in [0.15, 0.2) is 5.78 Å². The number of ether oxygens (including phenoxy) is 1. The van der Waals surface area contributed by atoms with Gasteiger partial charge in [-0.1, -0.05) is 37.6 Å². The highest BCUT2D eigenvalue weighted by Gasteiger charge is 2.21. The Balaban J connectivity index is 2.10. The zero-order valence-corrected chi connectivity index (χ0v) is 12.1. The Bertz CT molecular complexity index is 684. The van der Waals surface area contributed by atoms with Crippen molar-refractivity contribution >= 4 is 5.78 Å². The van der Waals surface area contributed by atoms with Gasteiger partial charge in [0.05, 0.1) is 5.56 Å². The number of hydrogen-bond donors (Lipinski definition) is 0. The highest BCUT2D eigenvalue weighted by molar-refractivity contribution is 6.01. The highest BCUT2D eigenvalue weighted by atomic mass is 16.5. The van der Waals surface area contributed by atoms with Crippen molar-refractivity contribution in [2.24, 2.45) is 0 Å². The minimum atomic E-state index is 0.131.